The molecule has 0 fully saturated rings. The zero-order valence-electron chi connectivity index (χ0n) is 16.3. The average Bonchev–Trinajstić information content (AvgIpc) is 2.74. The number of carbonyl (C=O) groups is 1. The summed E-state index contributed by atoms with van der Waals surface area (Å²) in [5.74, 6) is -0.567. The Kier molecular flexibility index (Phi) is 6.14. The highest BCUT2D eigenvalue weighted by atomic mass is 35.5. The topological polar surface area (TPSA) is 32.7 Å². The summed E-state index contributed by atoms with van der Waals surface area (Å²) in [5, 5.41) is 7.71. The van der Waals surface area contributed by atoms with Crippen molar-refractivity contribution in [3.8, 4) is 0 Å². The minimum absolute atomic E-state index is 0.0996. The normalized spacial score (nSPS) is 16.5. The summed E-state index contributed by atoms with van der Waals surface area (Å²) in [5.41, 5.74) is 4.61. The Bertz CT molecular complexity index is 1110. The van der Waals surface area contributed by atoms with E-state index in [-0.39, 0.29) is 5.91 Å². The highest BCUT2D eigenvalue weighted by molar-refractivity contribution is 6.42. The van der Waals surface area contributed by atoms with Gasteiger partial charge in [-0.1, -0.05) is 88.9 Å². The largest absolute Gasteiger partial charge is 0.272 e. The van der Waals surface area contributed by atoms with Gasteiger partial charge in [-0.3, -0.25) is 4.79 Å². The molecule has 3 aromatic carbocycles. The number of hydrazone groups is 1. The molecule has 0 bridgehead atoms. The van der Waals surface area contributed by atoms with E-state index in [0.29, 0.717) is 33.6 Å². The lowest BCUT2D eigenvalue weighted by Crippen LogP contribution is -2.37. The van der Waals surface area contributed by atoms with Crippen LogP contribution < -0.4 is 0 Å². The Balaban J connectivity index is 1.75. The Labute approximate surface area is 190 Å². The van der Waals surface area contributed by atoms with E-state index in [1.807, 2.05) is 67.6 Å². The van der Waals surface area contributed by atoms with Gasteiger partial charge in [0.1, 0.15) is 0 Å². The first-order chi connectivity index (χ1) is 14.4. The van der Waals surface area contributed by atoms with E-state index in [2.05, 4.69) is 5.10 Å². The molecule has 0 aromatic heterocycles. The molecule has 0 radical (unpaired) electrons. The lowest BCUT2D eigenvalue weighted by molar-refractivity contribution is -0.134. The predicted octanol–water partition coefficient (Wildman–Crippen LogP) is 6.88. The standard InChI is InChI=1S/C24H19Cl3N2O/c1-15-5-7-16(8-6-15)14-29-24(30)20(19-3-2-4-21(26)23(19)27)13-22(28-29)17-9-11-18(25)12-10-17/h2-12,20H,13-14H2,1H3/t20-/m0/s1. The molecule has 1 heterocycles. The van der Waals surface area contributed by atoms with Crippen molar-refractivity contribution < 1.29 is 4.79 Å². The fourth-order valence-electron chi connectivity index (χ4n) is 3.53. The molecule has 0 spiro atoms. The van der Waals surface area contributed by atoms with Crippen molar-refractivity contribution in [2.75, 3.05) is 0 Å². The van der Waals surface area contributed by atoms with Gasteiger partial charge < -0.3 is 0 Å². The van der Waals surface area contributed by atoms with Gasteiger partial charge in [0.05, 0.1) is 28.2 Å². The summed E-state index contributed by atoms with van der Waals surface area (Å²) >= 11 is 18.8. The summed E-state index contributed by atoms with van der Waals surface area (Å²) in [6, 6.07) is 20.9. The van der Waals surface area contributed by atoms with Crippen LogP contribution in [0.2, 0.25) is 15.1 Å². The molecule has 4 rings (SSSR count). The molecule has 1 amide bonds. The minimum Gasteiger partial charge on any atom is -0.272 e. The van der Waals surface area contributed by atoms with E-state index in [1.54, 1.807) is 6.07 Å². The maximum Gasteiger partial charge on any atom is 0.250 e. The third kappa shape index (κ3) is 4.39. The molecule has 0 unspecified atom stereocenters. The quantitative estimate of drug-likeness (QED) is 0.420. The molecule has 0 N–H and O–H groups in total. The number of halogens is 3. The molecular formula is C24H19Cl3N2O. The van der Waals surface area contributed by atoms with Crippen LogP contribution in [0.4, 0.5) is 0 Å². The van der Waals surface area contributed by atoms with Crippen LogP contribution in [-0.4, -0.2) is 16.6 Å². The maximum absolute atomic E-state index is 13.4. The average molecular weight is 458 g/mol. The molecule has 152 valence electrons. The van der Waals surface area contributed by atoms with Crippen molar-refractivity contribution >= 4 is 46.4 Å². The lowest BCUT2D eigenvalue weighted by atomic mass is 9.88. The summed E-state index contributed by atoms with van der Waals surface area (Å²) < 4.78 is 0. The first-order valence-electron chi connectivity index (χ1n) is 9.56. The number of rotatable bonds is 4. The second-order valence-electron chi connectivity index (χ2n) is 7.33. The van der Waals surface area contributed by atoms with E-state index in [9.17, 15) is 4.79 Å². The summed E-state index contributed by atoms with van der Waals surface area (Å²) in [6.45, 7) is 2.41. The highest BCUT2D eigenvalue weighted by Gasteiger charge is 2.34. The van der Waals surface area contributed by atoms with Crippen LogP contribution in [0.5, 0.6) is 0 Å². The lowest BCUT2D eigenvalue weighted by Gasteiger charge is -2.30. The number of hydrogen-bond donors (Lipinski definition) is 0. The van der Waals surface area contributed by atoms with Crippen molar-refractivity contribution in [1.29, 1.82) is 0 Å². The third-order valence-corrected chi connectivity index (χ3v) is 6.26. The molecular weight excluding hydrogens is 439 g/mol. The molecule has 3 nitrogen and oxygen atoms in total. The van der Waals surface area contributed by atoms with Crippen molar-refractivity contribution in [3.05, 3.63) is 104 Å². The molecule has 6 heteroatoms. The van der Waals surface area contributed by atoms with Gasteiger partial charge in [-0.2, -0.15) is 5.10 Å². The van der Waals surface area contributed by atoms with Crippen LogP contribution >= 0.6 is 34.8 Å². The fourth-order valence-corrected chi connectivity index (χ4v) is 4.09. The van der Waals surface area contributed by atoms with Crippen molar-refractivity contribution in [2.45, 2.75) is 25.8 Å². The Morgan fingerprint density at radius 2 is 1.67 bits per heavy atom. The van der Waals surface area contributed by atoms with Crippen LogP contribution in [0.3, 0.4) is 0 Å². The van der Waals surface area contributed by atoms with Crippen LogP contribution in [0.15, 0.2) is 71.8 Å². The van der Waals surface area contributed by atoms with Crippen LogP contribution in [-0.2, 0) is 11.3 Å². The van der Waals surface area contributed by atoms with Crippen LogP contribution in [0, 0.1) is 6.92 Å². The number of aryl methyl sites for hydroxylation is 1. The third-order valence-electron chi connectivity index (χ3n) is 5.18. The minimum atomic E-state index is -0.468. The zero-order chi connectivity index (χ0) is 21.3. The molecule has 0 aliphatic carbocycles. The molecule has 30 heavy (non-hydrogen) atoms. The predicted molar refractivity (Wildman–Crippen MR) is 124 cm³/mol. The fraction of sp³-hybridized carbons (Fsp3) is 0.167. The molecule has 0 saturated carbocycles. The Morgan fingerprint density at radius 1 is 0.967 bits per heavy atom. The van der Waals surface area contributed by atoms with Crippen molar-refractivity contribution in [3.63, 3.8) is 0 Å². The molecule has 3 aromatic rings. The number of benzene rings is 3. The van der Waals surface area contributed by atoms with E-state index < -0.39 is 5.92 Å². The first kappa shape index (κ1) is 20.9. The van der Waals surface area contributed by atoms with E-state index in [1.165, 1.54) is 5.01 Å². The maximum atomic E-state index is 13.4. The van der Waals surface area contributed by atoms with Gasteiger partial charge in [-0.05, 0) is 41.8 Å². The second kappa shape index (κ2) is 8.81. The summed E-state index contributed by atoms with van der Waals surface area (Å²) in [6.07, 6.45) is 0.435. The molecule has 1 aliphatic heterocycles. The number of carbonyl (C=O) groups excluding carboxylic acids is 1. The monoisotopic (exact) mass is 456 g/mol. The van der Waals surface area contributed by atoms with Gasteiger partial charge >= 0.3 is 0 Å². The second-order valence-corrected chi connectivity index (χ2v) is 8.56. The highest BCUT2D eigenvalue weighted by Crippen LogP contribution is 2.37. The SMILES string of the molecule is Cc1ccc(CN2N=C(c3ccc(Cl)cc3)C[C@@H](c3cccc(Cl)c3Cl)C2=O)cc1. The molecule has 1 aliphatic rings. The van der Waals surface area contributed by atoms with Crippen molar-refractivity contribution in [2.24, 2.45) is 5.10 Å². The number of nitrogens with zero attached hydrogens (tertiary/aromatic N) is 2. The van der Waals surface area contributed by atoms with Crippen LogP contribution in [0.25, 0.3) is 0 Å². The van der Waals surface area contributed by atoms with Crippen LogP contribution in [0.1, 0.15) is 34.6 Å². The summed E-state index contributed by atoms with van der Waals surface area (Å²) in [4.78, 5) is 13.4. The number of hydrogen-bond acceptors (Lipinski definition) is 2. The van der Waals surface area contributed by atoms with Gasteiger partial charge in [-0.15, -0.1) is 0 Å². The van der Waals surface area contributed by atoms with Gasteiger partial charge in [0.25, 0.3) is 5.91 Å². The van der Waals surface area contributed by atoms with E-state index >= 15 is 0 Å². The number of amides is 1. The smallest absolute Gasteiger partial charge is 0.250 e. The van der Waals surface area contributed by atoms with E-state index in [0.717, 1.165) is 22.4 Å². The van der Waals surface area contributed by atoms with E-state index in [4.69, 9.17) is 34.8 Å². The Hall–Kier alpha value is -2.33. The van der Waals surface area contributed by atoms with Gasteiger partial charge in [0, 0.05) is 11.4 Å². The molecule has 0 saturated heterocycles. The molecule has 1 atom stereocenters. The van der Waals surface area contributed by atoms with Crippen molar-refractivity contribution in [1.82, 2.24) is 5.01 Å². The van der Waals surface area contributed by atoms with Gasteiger partial charge in [0.15, 0.2) is 0 Å². The summed E-state index contributed by atoms with van der Waals surface area (Å²) in [7, 11) is 0. The van der Waals surface area contributed by atoms with Gasteiger partial charge in [-0.25, -0.2) is 5.01 Å². The first-order valence-corrected chi connectivity index (χ1v) is 10.7. The Morgan fingerprint density at radius 3 is 2.37 bits per heavy atom. The van der Waals surface area contributed by atoms with Gasteiger partial charge in [0.2, 0.25) is 0 Å². The zero-order valence-corrected chi connectivity index (χ0v) is 18.5.